The zero-order valence-electron chi connectivity index (χ0n) is 13.4. The Morgan fingerprint density at radius 1 is 1.04 bits per heavy atom. The van der Waals surface area contributed by atoms with Crippen LogP contribution in [0.5, 0.6) is 0 Å². The van der Waals surface area contributed by atoms with Crippen LogP contribution in [0.2, 0.25) is 5.02 Å². The minimum absolute atomic E-state index is 0.175. The average molecular weight is 357 g/mol. The molecule has 6 atom stereocenters. The minimum Gasteiger partial charge on any atom is -0.325 e. The van der Waals surface area contributed by atoms with Gasteiger partial charge in [-0.3, -0.25) is 19.3 Å². The number of likely N-dealkylation sites (tertiary alicyclic amines) is 1. The number of hydrogen-bond donors (Lipinski definition) is 1. The number of carbonyl (C=O) groups excluding carboxylic acids is 3. The van der Waals surface area contributed by atoms with Gasteiger partial charge in [0.15, 0.2) is 0 Å². The van der Waals surface area contributed by atoms with Gasteiger partial charge >= 0.3 is 0 Å². The molecule has 3 amide bonds. The first kappa shape index (κ1) is 15.1. The molecule has 6 heteroatoms. The van der Waals surface area contributed by atoms with Crippen molar-refractivity contribution in [3.05, 3.63) is 41.4 Å². The van der Waals surface area contributed by atoms with E-state index in [0.717, 1.165) is 6.42 Å². The maximum Gasteiger partial charge on any atom is 0.244 e. The number of anilines is 1. The summed E-state index contributed by atoms with van der Waals surface area (Å²) in [6.07, 6.45) is 5.39. The predicted molar refractivity (Wildman–Crippen MR) is 91.5 cm³/mol. The summed E-state index contributed by atoms with van der Waals surface area (Å²) in [6, 6.07) is 6.72. The molecule has 5 aliphatic rings. The Kier molecular flexibility index (Phi) is 3.14. The lowest BCUT2D eigenvalue weighted by molar-refractivity contribution is -0.142. The van der Waals surface area contributed by atoms with Gasteiger partial charge in [-0.25, -0.2) is 0 Å². The summed E-state index contributed by atoms with van der Waals surface area (Å²) in [5, 5.41) is 3.29. The van der Waals surface area contributed by atoms with Gasteiger partial charge in [0.05, 0.1) is 11.8 Å². The molecule has 6 rings (SSSR count). The molecule has 1 saturated heterocycles. The van der Waals surface area contributed by atoms with Crippen molar-refractivity contribution in [1.82, 2.24) is 4.90 Å². The van der Waals surface area contributed by atoms with Gasteiger partial charge in [0.1, 0.15) is 6.54 Å². The quantitative estimate of drug-likeness (QED) is 0.667. The fraction of sp³-hybridized carbons (Fsp3) is 0.421. The van der Waals surface area contributed by atoms with E-state index in [1.165, 1.54) is 4.90 Å². The van der Waals surface area contributed by atoms with Crippen LogP contribution in [-0.4, -0.2) is 29.2 Å². The summed E-state index contributed by atoms with van der Waals surface area (Å²) >= 11 is 5.83. The summed E-state index contributed by atoms with van der Waals surface area (Å²) in [4.78, 5) is 39.1. The summed E-state index contributed by atoms with van der Waals surface area (Å²) < 4.78 is 0. The molecule has 2 bridgehead atoms. The topological polar surface area (TPSA) is 66.5 Å². The molecular formula is C19H17ClN2O3. The number of carbonyl (C=O) groups is 3. The van der Waals surface area contributed by atoms with E-state index >= 15 is 0 Å². The molecule has 128 valence electrons. The van der Waals surface area contributed by atoms with Crippen molar-refractivity contribution >= 4 is 35.0 Å². The summed E-state index contributed by atoms with van der Waals surface area (Å²) in [5.74, 6) is 0.266. The summed E-state index contributed by atoms with van der Waals surface area (Å²) in [6.45, 7) is -0.220. The molecule has 3 fully saturated rings. The highest BCUT2D eigenvalue weighted by molar-refractivity contribution is 6.30. The second kappa shape index (κ2) is 5.18. The van der Waals surface area contributed by atoms with E-state index in [0.29, 0.717) is 22.5 Å². The highest BCUT2D eigenvalue weighted by Gasteiger charge is 2.67. The average Bonchev–Trinajstić information content (AvgIpc) is 3.38. The first-order chi connectivity index (χ1) is 12.0. The van der Waals surface area contributed by atoms with E-state index in [9.17, 15) is 14.4 Å². The van der Waals surface area contributed by atoms with Crippen LogP contribution in [0, 0.1) is 35.5 Å². The smallest absolute Gasteiger partial charge is 0.244 e. The third kappa shape index (κ3) is 2.18. The number of imide groups is 1. The predicted octanol–water partition coefficient (Wildman–Crippen LogP) is 2.33. The molecule has 1 aromatic carbocycles. The summed E-state index contributed by atoms with van der Waals surface area (Å²) in [7, 11) is 0. The summed E-state index contributed by atoms with van der Waals surface area (Å²) in [5.41, 5.74) is 0.592. The van der Waals surface area contributed by atoms with Crippen LogP contribution < -0.4 is 5.32 Å². The van der Waals surface area contributed by atoms with Crippen LogP contribution in [0.25, 0.3) is 0 Å². The molecule has 1 aliphatic heterocycles. The van der Waals surface area contributed by atoms with Crippen molar-refractivity contribution in [2.45, 2.75) is 6.42 Å². The lowest BCUT2D eigenvalue weighted by Crippen LogP contribution is -2.40. The van der Waals surface area contributed by atoms with Crippen LogP contribution in [0.1, 0.15) is 6.42 Å². The standard InChI is InChI=1S/C19H17ClN2O3/c20-9-1-3-10(4-2-9)21-15(23)8-22-18(24)16-11-5-6-12(14-7-13(11)14)17(16)19(22)25/h1-6,11-14,16-17H,7-8H2,(H,21,23)/t11-,12+,13-,14-,16+,17+/m1/s1. The number of nitrogens with one attached hydrogen (secondary N) is 1. The Bertz CT molecular complexity index is 782. The number of nitrogens with zero attached hydrogens (tertiary/aromatic N) is 1. The highest BCUT2D eigenvalue weighted by Crippen LogP contribution is 2.65. The van der Waals surface area contributed by atoms with Gasteiger partial charge in [0.25, 0.3) is 0 Å². The number of rotatable bonds is 3. The van der Waals surface area contributed by atoms with Gasteiger partial charge in [0, 0.05) is 10.7 Å². The van der Waals surface area contributed by atoms with Crippen molar-refractivity contribution in [2.75, 3.05) is 11.9 Å². The SMILES string of the molecule is O=C(CN1C(=O)[C@H]2[C@@H]3C=C[C@@H]([C@H]4C[C@H]34)[C@@H]2C1=O)Nc1ccc(Cl)cc1. The molecule has 1 N–H and O–H groups in total. The first-order valence-electron chi connectivity index (χ1n) is 8.63. The van der Waals surface area contributed by atoms with Crippen molar-refractivity contribution in [3.8, 4) is 0 Å². The number of halogens is 1. The van der Waals surface area contributed by atoms with E-state index in [-0.39, 0.29) is 47.9 Å². The molecule has 2 saturated carbocycles. The Morgan fingerprint density at radius 3 is 2.16 bits per heavy atom. The normalized spacial score (nSPS) is 37.1. The van der Waals surface area contributed by atoms with Gasteiger partial charge in [-0.2, -0.15) is 0 Å². The number of benzene rings is 1. The zero-order chi connectivity index (χ0) is 17.3. The van der Waals surface area contributed by atoms with Crippen LogP contribution in [0.4, 0.5) is 5.69 Å². The Labute approximate surface area is 150 Å². The van der Waals surface area contributed by atoms with Crippen LogP contribution >= 0.6 is 11.6 Å². The Morgan fingerprint density at radius 2 is 1.60 bits per heavy atom. The fourth-order valence-electron chi connectivity index (χ4n) is 5.05. The van der Waals surface area contributed by atoms with Crippen LogP contribution in [0.3, 0.4) is 0 Å². The maximum absolute atomic E-state index is 12.8. The van der Waals surface area contributed by atoms with E-state index < -0.39 is 0 Å². The molecule has 5 nitrogen and oxygen atoms in total. The van der Waals surface area contributed by atoms with Crippen molar-refractivity contribution in [3.63, 3.8) is 0 Å². The monoisotopic (exact) mass is 356 g/mol. The van der Waals surface area contributed by atoms with Crippen molar-refractivity contribution < 1.29 is 14.4 Å². The minimum atomic E-state index is -0.367. The van der Waals surface area contributed by atoms with E-state index in [1.54, 1.807) is 24.3 Å². The van der Waals surface area contributed by atoms with E-state index in [1.807, 2.05) is 0 Å². The molecule has 0 aromatic heterocycles. The molecule has 0 radical (unpaired) electrons. The second-order valence-electron chi connectivity index (χ2n) is 7.47. The third-order valence-corrected chi connectivity index (χ3v) is 6.44. The molecule has 1 aromatic rings. The number of hydrogen-bond acceptors (Lipinski definition) is 3. The van der Waals surface area contributed by atoms with Crippen molar-refractivity contribution in [1.29, 1.82) is 0 Å². The number of amides is 3. The largest absolute Gasteiger partial charge is 0.325 e. The van der Waals surface area contributed by atoms with Gasteiger partial charge < -0.3 is 5.32 Å². The Hall–Kier alpha value is -2.14. The zero-order valence-corrected chi connectivity index (χ0v) is 14.1. The first-order valence-corrected chi connectivity index (χ1v) is 9.01. The van der Waals surface area contributed by atoms with Gasteiger partial charge in [-0.1, -0.05) is 23.8 Å². The molecule has 0 spiro atoms. The third-order valence-electron chi connectivity index (χ3n) is 6.18. The fourth-order valence-corrected chi connectivity index (χ4v) is 5.18. The number of allylic oxidation sites excluding steroid dienone is 2. The molecule has 4 aliphatic carbocycles. The molecule has 0 unspecified atom stereocenters. The lowest BCUT2D eigenvalue weighted by Gasteiger charge is -2.37. The molecular weight excluding hydrogens is 340 g/mol. The van der Waals surface area contributed by atoms with Crippen LogP contribution in [0.15, 0.2) is 36.4 Å². The van der Waals surface area contributed by atoms with E-state index in [4.69, 9.17) is 11.6 Å². The van der Waals surface area contributed by atoms with Crippen molar-refractivity contribution in [2.24, 2.45) is 35.5 Å². The lowest BCUT2D eigenvalue weighted by atomic mass is 9.63. The van der Waals surface area contributed by atoms with E-state index in [2.05, 4.69) is 17.5 Å². The van der Waals surface area contributed by atoms with Crippen LogP contribution in [-0.2, 0) is 14.4 Å². The van der Waals surface area contributed by atoms with Gasteiger partial charge in [0.2, 0.25) is 17.7 Å². The molecule has 25 heavy (non-hydrogen) atoms. The molecule has 1 heterocycles. The highest BCUT2D eigenvalue weighted by atomic mass is 35.5. The Balaban J connectivity index is 1.32. The van der Waals surface area contributed by atoms with Gasteiger partial charge in [-0.15, -0.1) is 0 Å². The maximum atomic E-state index is 12.8. The second-order valence-corrected chi connectivity index (χ2v) is 7.91. The van der Waals surface area contributed by atoms with Gasteiger partial charge in [-0.05, 0) is 54.4 Å².